The third kappa shape index (κ3) is 3.01. The first-order chi connectivity index (χ1) is 10.1. The van der Waals surface area contributed by atoms with E-state index >= 15 is 0 Å². The minimum atomic E-state index is 0.579. The van der Waals surface area contributed by atoms with Gasteiger partial charge in [0, 0.05) is 23.0 Å². The number of benzene rings is 1. The van der Waals surface area contributed by atoms with E-state index in [1.54, 1.807) is 7.11 Å². The molecule has 1 aliphatic rings. The van der Waals surface area contributed by atoms with E-state index in [1.165, 1.54) is 12.8 Å². The Bertz CT molecular complexity index is 689. The summed E-state index contributed by atoms with van der Waals surface area (Å²) in [5.41, 5.74) is 2.10. The summed E-state index contributed by atoms with van der Waals surface area (Å²) < 4.78 is 7.40. The highest BCUT2D eigenvalue weighted by Crippen LogP contribution is 2.43. The minimum absolute atomic E-state index is 0.579. The lowest BCUT2D eigenvalue weighted by Gasteiger charge is -2.12. The number of halogens is 2. The Balaban J connectivity index is 2.15. The molecule has 0 aliphatic heterocycles. The van der Waals surface area contributed by atoms with E-state index in [4.69, 9.17) is 9.72 Å². The molecule has 0 saturated heterocycles. The molecule has 21 heavy (non-hydrogen) atoms. The van der Waals surface area contributed by atoms with E-state index in [0.717, 1.165) is 36.7 Å². The highest BCUT2D eigenvalue weighted by Gasteiger charge is 2.29. The zero-order valence-electron chi connectivity index (χ0n) is 11.8. The number of methoxy groups -OCH3 is 1. The van der Waals surface area contributed by atoms with Crippen LogP contribution in [0, 0.1) is 3.57 Å². The lowest BCUT2D eigenvalue weighted by Crippen LogP contribution is -2.05. The van der Waals surface area contributed by atoms with Crippen LogP contribution in [-0.2, 0) is 0 Å². The van der Waals surface area contributed by atoms with Crippen LogP contribution in [0.25, 0.3) is 11.4 Å². The molecule has 1 fully saturated rings. The van der Waals surface area contributed by atoms with Crippen LogP contribution in [0.5, 0.6) is 5.75 Å². The van der Waals surface area contributed by atoms with E-state index in [9.17, 15) is 0 Å². The van der Waals surface area contributed by atoms with Gasteiger partial charge in [-0.3, -0.25) is 0 Å². The molecule has 0 bridgehead atoms. The van der Waals surface area contributed by atoms with E-state index in [-0.39, 0.29) is 0 Å². The SMILES string of the molecule is CNc1nc(-c2cc(OC)ccc2Br)nc(C2CC2)c1I. The standard InChI is InChI=1S/C15H15BrIN3O/c1-18-15-12(17)13(8-3-4-8)19-14(20-15)10-7-9(21-2)5-6-11(10)16/h5-8H,3-4H2,1-2H3,(H,18,19,20). The third-order valence-electron chi connectivity index (χ3n) is 3.49. The number of nitrogens with one attached hydrogen (secondary N) is 1. The summed E-state index contributed by atoms with van der Waals surface area (Å²) in [5, 5.41) is 3.17. The van der Waals surface area contributed by atoms with Crippen molar-refractivity contribution in [3.8, 4) is 17.1 Å². The van der Waals surface area contributed by atoms with Crippen LogP contribution < -0.4 is 10.1 Å². The monoisotopic (exact) mass is 459 g/mol. The Morgan fingerprint density at radius 2 is 2.10 bits per heavy atom. The molecule has 0 amide bonds. The van der Waals surface area contributed by atoms with Crippen LogP contribution in [0.15, 0.2) is 22.7 Å². The van der Waals surface area contributed by atoms with Crippen molar-refractivity contribution in [2.45, 2.75) is 18.8 Å². The molecule has 1 saturated carbocycles. The summed E-state index contributed by atoms with van der Waals surface area (Å²) in [5.74, 6) is 2.99. The van der Waals surface area contributed by atoms with Crippen molar-refractivity contribution in [1.82, 2.24) is 9.97 Å². The zero-order chi connectivity index (χ0) is 15.0. The van der Waals surface area contributed by atoms with Gasteiger partial charge in [-0.25, -0.2) is 9.97 Å². The van der Waals surface area contributed by atoms with Gasteiger partial charge in [0.15, 0.2) is 5.82 Å². The normalized spacial score (nSPS) is 14.1. The number of nitrogens with zero attached hydrogens (tertiary/aromatic N) is 2. The van der Waals surface area contributed by atoms with E-state index in [1.807, 2.05) is 25.2 Å². The topological polar surface area (TPSA) is 47.0 Å². The molecule has 0 spiro atoms. The minimum Gasteiger partial charge on any atom is -0.497 e. The third-order valence-corrected chi connectivity index (χ3v) is 5.25. The van der Waals surface area contributed by atoms with Crippen molar-refractivity contribution in [2.24, 2.45) is 0 Å². The molecule has 0 unspecified atom stereocenters. The summed E-state index contributed by atoms with van der Waals surface area (Å²) in [6, 6.07) is 5.84. The summed E-state index contributed by atoms with van der Waals surface area (Å²) in [4.78, 5) is 9.46. The van der Waals surface area contributed by atoms with Crippen molar-refractivity contribution in [3.63, 3.8) is 0 Å². The Hall–Kier alpha value is -0.890. The van der Waals surface area contributed by atoms with E-state index < -0.39 is 0 Å². The predicted molar refractivity (Wildman–Crippen MR) is 96.0 cm³/mol. The van der Waals surface area contributed by atoms with E-state index in [2.05, 4.69) is 48.8 Å². The van der Waals surface area contributed by atoms with Gasteiger partial charge in [-0.05, 0) is 53.6 Å². The van der Waals surface area contributed by atoms with Crippen LogP contribution in [0.2, 0.25) is 0 Å². The number of hydrogen-bond acceptors (Lipinski definition) is 4. The van der Waals surface area contributed by atoms with Crippen LogP contribution in [-0.4, -0.2) is 24.1 Å². The average molecular weight is 460 g/mol. The van der Waals surface area contributed by atoms with Gasteiger partial charge in [-0.2, -0.15) is 0 Å². The molecule has 1 aliphatic carbocycles. The Morgan fingerprint density at radius 1 is 1.33 bits per heavy atom. The molecule has 1 N–H and O–H groups in total. The maximum atomic E-state index is 5.31. The van der Waals surface area contributed by atoms with Crippen molar-refractivity contribution in [2.75, 3.05) is 19.5 Å². The second-order valence-electron chi connectivity index (χ2n) is 4.97. The van der Waals surface area contributed by atoms with Gasteiger partial charge in [0.25, 0.3) is 0 Å². The maximum Gasteiger partial charge on any atom is 0.163 e. The predicted octanol–water partition coefficient (Wildman–Crippen LogP) is 4.44. The highest BCUT2D eigenvalue weighted by atomic mass is 127. The summed E-state index contributed by atoms with van der Waals surface area (Å²) in [6.07, 6.45) is 2.43. The molecule has 1 aromatic heterocycles. The molecule has 1 aromatic carbocycles. The molecular formula is C15H15BrIN3O. The van der Waals surface area contributed by atoms with Gasteiger partial charge < -0.3 is 10.1 Å². The zero-order valence-corrected chi connectivity index (χ0v) is 15.5. The molecule has 6 heteroatoms. The second-order valence-corrected chi connectivity index (χ2v) is 6.90. The first-order valence-corrected chi connectivity index (χ1v) is 8.60. The van der Waals surface area contributed by atoms with Gasteiger partial charge in [-0.15, -0.1) is 0 Å². The summed E-state index contributed by atoms with van der Waals surface area (Å²) in [7, 11) is 3.56. The molecular weight excluding hydrogens is 445 g/mol. The summed E-state index contributed by atoms with van der Waals surface area (Å²) in [6.45, 7) is 0. The van der Waals surface area contributed by atoms with Crippen molar-refractivity contribution < 1.29 is 4.74 Å². The number of aromatic nitrogens is 2. The van der Waals surface area contributed by atoms with Crippen molar-refractivity contribution in [1.29, 1.82) is 0 Å². The first-order valence-electron chi connectivity index (χ1n) is 6.73. The smallest absolute Gasteiger partial charge is 0.163 e. The van der Waals surface area contributed by atoms with Gasteiger partial charge in [0.05, 0.1) is 16.4 Å². The van der Waals surface area contributed by atoms with Crippen molar-refractivity contribution >= 4 is 44.3 Å². The Morgan fingerprint density at radius 3 is 2.71 bits per heavy atom. The number of hydrogen-bond donors (Lipinski definition) is 1. The first kappa shape index (κ1) is 15.0. The summed E-state index contributed by atoms with van der Waals surface area (Å²) >= 11 is 5.91. The number of ether oxygens (including phenoxy) is 1. The van der Waals surface area contributed by atoms with Crippen LogP contribution in [0.4, 0.5) is 5.82 Å². The van der Waals surface area contributed by atoms with Gasteiger partial charge in [0.2, 0.25) is 0 Å². The molecule has 4 nitrogen and oxygen atoms in total. The molecule has 0 radical (unpaired) electrons. The van der Waals surface area contributed by atoms with Crippen LogP contribution >= 0.6 is 38.5 Å². The number of rotatable bonds is 4. The maximum absolute atomic E-state index is 5.31. The van der Waals surface area contributed by atoms with E-state index in [0.29, 0.717) is 5.92 Å². The van der Waals surface area contributed by atoms with Gasteiger partial charge >= 0.3 is 0 Å². The fraction of sp³-hybridized carbons (Fsp3) is 0.333. The Kier molecular flexibility index (Phi) is 4.35. The largest absolute Gasteiger partial charge is 0.497 e. The molecule has 0 atom stereocenters. The Labute approximate surface area is 146 Å². The van der Waals surface area contributed by atoms with Gasteiger partial charge in [0.1, 0.15) is 11.6 Å². The average Bonchev–Trinajstić information content (AvgIpc) is 3.33. The molecule has 3 rings (SSSR count). The van der Waals surface area contributed by atoms with Crippen LogP contribution in [0.3, 0.4) is 0 Å². The molecule has 110 valence electrons. The van der Waals surface area contributed by atoms with Gasteiger partial charge in [-0.1, -0.05) is 15.9 Å². The van der Waals surface area contributed by atoms with Crippen LogP contribution in [0.1, 0.15) is 24.5 Å². The fourth-order valence-corrected chi connectivity index (χ4v) is 3.56. The number of anilines is 1. The lowest BCUT2D eigenvalue weighted by atomic mass is 10.2. The fourth-order valence-electron chi connectivity index (χ4n) is 2.18. The highest BCUT2D eigenvalue weighted by molar-refractivity contribution is 14.1. The quantitative estimate of drug-likeness (QED) is 0.686. The molecule has 1 heterocycles. The molecule has 2 aromatic rings. The lowest BCUT2D eigenvalue weighted by molar-refractivity contribution is 0.415. The second kappa shape index (κ2) is 6.08. The van der Waals surface area contributed by atoms with Crippen molar-refractivity contribution in [3.05, 3.63) is 31.9 Å².